The fraction of sp³-hybridized carbons (Fsp3) is 0.933. The van der Waals surface area contributed by atoms with Crippen molar-refractivity contribution < 1.29 is 0 Å². The first-order valence-corrected chi connectivity index (χ1v) is 7.85. The first-order chi connectivity index (χ1) is 9.26. The smallest absolute Gasteiger partial charge is 0.108 e. The first-order valence-electron chi connectivity index (χ1n) is 7.85. The number of nitrogens with one attached hydrogen (secondary N) is 1. The number of nitriles is 1. The molecule has 1 aliphatic carbocycles. The van der Waals surface area contributed by atoms with Crippen molar-refractivity contribution in [2.75, 3.05) is 33.2 Å². The van der Waals surface area contributed by atoms with E-state index in [0.29, 0.717) is 6.04 Å². The fourth-order valence-corrected chi connectivity index (χ4v) is 4.28. The van der Waals surface area contributed by atoms with Gasteiger partial charge in [-0.3, -0.25) is 9.80 Å². The minimum atomic E-state index is -0.258. The Morgan fingerprint density at radius 2 is 1.89 bits per heavy atom. The van der Waals surface area contributed by atoms with E-state index in [9.17, 15) is 5.26 Å². The van der Waals surface area contributed by atoms with E-state index in [1.54, 1.807) is 0 Å². The summed E-state index contributed by atoms with van der Waals surface area (Å²) in [6.07, 6.45) is 7.25. The van der Waals surface area contributed by atoms with E-state index >= 15 is 0 Å². The van der Waals surface area contributed by atoms with Crippen molar-refractivity contribution in [2.24, 2.45) is 0 Å². The summed E-state index contributed by atoms with van der Waals surface area (Å²) in [6, 6.07) is 3.91. The molecule has 3 aliphatic rings. The molecule has 0 aromatic carbocycles. The Hall–Kier alpha value is -0.630. The van der Waals surface area contributed by atoms with Crippen LogP contribution < -0.4 is 5.32 Å². The standard InChI is InChI=1S/C15H26N4/c1-17-15(12-16)6-5-13(10-15)19-9-3-8-18-7-2-4-14(18)11-19/h13-14,17H,2-11H2,1H3. The average Bonchev–Trinajstić information content (AvgIpc) is 3.02. The summed E-state index contributed by atoms with van der Waals surface area (Å²) in [4.78, 5) is 5.37. The topological polar surface area (TPSA) is 42.3 Å². The molecular formula is C15H26N4. The summed E-state index contributed by atoms with van der Waals surface area (Å²) in [5.74, 6) is 0. The van der Waals surface area contributed by atoms with Gasteiger partial charge in [-0.05, 0) is 65.2 Å². The minimum Gasteiger partial charge on any atom is -0.302 e. The zero-order valence-corrected chi connectivity index (χ0v) is 12.1. The highest BCUT2D eigenvalue weighted by Gasteiger charge is 2.42. The fourth-order valence-electron chi connectivity index (χ4n) is 4.28. The van der Waals surface area contributed by atoms with E-state index in [0.717, 1.165) is 18.9 Å². The van der Waals surface area contributed by atoms with Crippen molar-refractivity contribution in [2.45, 2.75) is 56.1 Å². The highest BCUT2D eigenvalue weighted by atomic mass is 15.3. The summed E-state index contributed by atoms with van der Waals surface area (Å²) in [5, 5.41) is 12.7. The molecule has 3 fully saturated rings. The van der Waals surface area contributed by atoms with Crippen LogP contribution in [0.1, 0.15) is 38.5 Å². The predicted octanol–water partition coefficient (Wildman–Crippen LogP) is 1.19. The molecule has 0 spiro atoms. The lowest BCUT2D eigenvalue weighted by molar-refractivity contribution is 0.170. The van der Waals surface area contributed by atoms with E-state index in [-0.39, 0.29) is 5.54 Å². The zero-order valence-electron chi connectivity index (χ0n) is 12.1. The van der Waals surface area contributed by atoms with Gasteiger partial charge in [0, 0.05) is 18.6 Å². The van der Waals surface area contributed by atoms with E-state index in [1.807, 2.05) is 7.05 Å². The lowest BCUT2D eigenvalue weighted by atomic mass is 9.99. The molecule has 2 saturated heterocycles. The predicted molar refractivity (Wildman–Crippen MR) is 75.8 cm³/mol. The summed E-state index contributed by atoms with van der Waals surface area (Å²) >= 11 is 0. The van der Waals surface area contributed by atoms with Crippen molar-refractivity contribution in [1.29, 1.82) is 5.26 Å². The molecule has 2 heterocycles. The molecule has 0 bridgehead atoms. The monoisotopic (exact) mass is 262 g/mol. The third-order valence-corrected chi connectivity index (χ3v) is 5.53. The Balaban J connectivity index is 1.65. The molecular weight excluding hydrogens is 236 g/mol. The summed E-state index contributed by atoms with van der Waals surface area (Å²) in [6.45, 7) is 5.05. The van der Waals surface area contributed by atoms with Gasteiger partial charge in [0.15, 0.2) is 0 Å². The van der Waals surface area contributed by atoms with Crippen LogP contribution in [0.3, 0.4) is 0 Å². The van der Waals surface area contributed by atoms with Crippen molar-refractivity contribution in [3.63, 3.8) is 0 Å². The van der Waals surface area contributed by atoms with E-state index < -0.39 is 0 Å². The Kier molecular flexibility index (Phi) is 3.79. The highest BCUT2D eigenvalue weighted by molar-refractivity contribution is 5.13. The molecule has 3 rings (SSSR count). The average molecular weight is 262 g/mol. The van der Waals surface area contributed by atoms with Crippen LogP contribution in [0.2, 0.25) is 0 Å². The van der Waals surface area contributed by atoms with Crippen molar-refractivity contribution in [3.8, 4) is 6.07 Å². The number of fused-ring (bicyclic) bond motifs is 1. The number of hydrogen-bond acceptors (Lipinski definition) is 4. The summed E-state index contributed by atoms with van der Waals surface area (Å²) in [5.41, 5.74) is -0.258. The van der Waals surface area contributed by atoms with Gasteiger partial charge in [-0.1, -0.05) is 0 Å². The van der Waals surface area contributed by atoms with Gasteiger partial charge in [0.1, 0.15) is 5.54 Å². The molecule has 0 aromatic heterocycles. The molecule has 1 N–H and O–H groups in total. The molecule has 0 amide bonds. The summed E-state index contributed by atoms with van der Waals surface area (Å²) in [7, 11) is 1.94. The van der Waals surface area contributed by atoms with Crippen molar-refractivity contribution in [1.82, 2.24) is 15.1 Å². The van der Waals surface area contributed by atoms with Gasteiger partial charge < -0.3 is 5.32 Å². The molecule has 19 heavy (non-hydrogen) atoms. The molecule has 106 valence electrons. The van der Waals surface area contributed by atoms with E-state index in [2.05, 4.69) is 21.2 Å². The van der Waals surface area contributed by atoms with E-state index in [4.69, 9.17) is 0 Å². The number of rotatable bonds is 2. The molecule has 2 aliphatic heterocycles. The van der Waals surface area contributed by atoms with Crippen molar-refractivity contribution >= 4 is 0 Å². The minimum absolute atomic E-state index is 0.258. The van der Waals surface area contributed by atoms with Crippen LogP contribution in [0.25, 0.3) is 0 Å². The second-order valence-electron chi connectivity index (χ2n) is 6.52. The van der Waals surface area contributed by atoms with Crippen LogP contribution in [0, 0.1) is 11.3 Å². The van der Waals surface area contributed by atoms with E-state index in [1.165, 1.54) is 51.9 Å². The highest BCUT2D eigenvalue weighted by Crippen LogP contribution is 2.34. The Bertz CT molecular complexity index is 364. The molecule has 1 saturated carbocycles. The van der Waals surface area contributed by atoms with Crippen LogP contribution in [-0.4, -0.2) is 60.6 Å². The van der Waals surface area contributed by atoms with Crippen LogP contribution >= 0.6 is 0 Å². The quantitative estimate of drug-likeness (QED) is 0.812. The first kappa shape index (κ1) is 13.4. The van der Waals surface area contributed by atoms with Crippen molar-refractivity contribution in [3.05, 3.63) is 0 Å². The Labute approximate surface area is 116 Å². The second-order valence-corrected chi connectivity index (χ2v) is 6.52. The van der Waals surface area contributed by atoms with Crippen LogP contribution in [0.5, 0.6) is 0 Å². The Morgan fingerprint density at radius 1 is 1.11 bits per heavy atom. The molecule has 4 nitrogen and oxygen atoms in total. The van der Waals surface area contributed by atoms with Gasteiger partial charge >= 0.3 is 0 Å². The maximum Gasteiger partial charge on any atom is 0.108 e. The number of nitrogens with zero attached hydrogens (tertiary/aromatic N) is 3. The zero-order chi connectivity index (χ0) is 13.3. The largest absolute Gasteiger partial charge is 0.302 e. The molecule has 0 radical (unpaired) electrons. The summed E-state index contributed by atoms with van der Waals surface area (Å²) < 4.78 is 0. The lowest BCUT2D eigenvalue weighted by Gasteiger charge is -2.31. The molecule has 3 unspecified atom stereocenters. The van der Waals surface area contributed by atoms with Crippen LogP contribution in [-0.2, 0) is 0 Å². The third kappa shape index (κ3) is 2.52. The van der Waals surface area contributed by atoms with Gasteiger partial charge in [-0.25, -0.2) is 0 Å². The van der Waals surface area contributed by atoms with Gasteiger partial charge in [0.2, 0.25) is 0 Å². The SMILES string of the molecule is CNC1(C#N)CCC(N2CCCN3CCCC3C2)C1. The van der Waals surface area contributed by atoms with Gasteiger partial charge in [-0.2, -0.15) is 5.26 Å². The van der Waals surface area contributed by atoms with Crippen LogP contribution in [0.4, 0.5) is 0 Å². The van der Waals surface area contributed by atoms with Crippen LogP contribution in [0.15, 0.2) is 0 Å². The Morgan fingerprint density at radius 3 is 2.63 bits per heavy atom. The van der Waals surface area contributed by atoms with Gasteiger partial charge in [0.25, 0.3) is 0 Å². The molecule has 4 heteroatoms. The lowest BCUT2D eigenvalue weighted by Crippen LogP contribution is -2.44. The molecule has 0 aromatic rings. The van der Waals surface area contributed by atoms with Gasteiger partial charge in [-0.15, -0.1) is 0 Å². The van der Waals surface area contributed by atoms with Gasteiger partial charge in [0.05, 0.1) is 6.07 Å². The maximum absolute atomic E-state index is 9.40. The normalized spacial score (nSPS) is 40.8. The second kappa shape index (κ2) is 5.40. The number of hydrogen-bond donors (Lipinski definition) is 1. The maximum atomic E-state index is 9.40. The third-order valence-electron chi connectivity index (χ3n) is 5.53. The molecule has 3 atom stereocenters.